The molecule has 0 unspecified atom stereocenters. The van der Waals surface area contributed by atoms with Crippen LogP contribution in [0.15, 0.2) is 59.0 Å². The number of ether oxygens (including phenoxy) is 1. The van der Waals surface area contributed by atoms with Gasteiger partial charge in [0.05, 0.1) is 18.1 Å². The molecule has 4 nitrogen and oxygen atoms in total. The molecule has 0 spiro atoms. The fraction of sp³-hybridized carbons (Fsp3) is 0.333. The number of hydrogen-bond acceptors (Lipinski definition) is 5. The van der Waals surface area contributed by atoms with Crippen molar-refractivity contribution in [3.8, 4) is 17.2 Å². The normalized spacial score (nSPS) is 10.8. The van der Waals surface area contributed by atoms with E-state index >= 15 is 0 Å². The molecule has 3 rings (SSSR count). The zero-order chi connectivity index (χ0) is 20.5. The van der Waals surface area contributed by atoms with Crippen LogP contribution < -0.4 is 4.74 Å². The van der Waals surface area contributed by atoms with E-state index in [2.05, 4.69) is 17.1 Å². The number of aromatic nitrogens is 1. The van der Waals surface area contributed by atoms with E-state index in [1.54, 1.807) is 11.8 Å². The summed E-state index contributed by atoms with van der Waals surface area (Å²) < 4.78 is 11.3. The van der Waals surface area contributed by atoms with Crippen LogP contribution in [0.1, 0.15) is 36.8 Å². The lowest BCUT2D eigenvalue weighted by Gasteiger charge is -2.02. The third-order valence-corrected chi connectivity index (χ3v) is 5.57. The van der Waals surface area contributed by atoms with Gasteiger partial charge in [-0.25, -0.2) is 4.98 Å². The van der Waals surface area contributed by atoms with Gasteiger partial charge < -0.3 is 9.15 Å². The van der Waals surface area contributed by atoms with Crippen molar-refractivity contribution >= 4 is 17.5 Å². The fourth-order valence-electron chi connectivity index (χ4n) is 3.01. The molecule has 3 aromatic rings. The standard InChI is InChI=1S/C24H27NO3S/c1-3-27-22-14-12-20(13-15-22)24-25-23(18(2)28-24)17-29-16-21(26)11-7-10-19-8-5-4-6-9-19/h4-6,8-9,12-15H,3,7,10-11,16-17H2,1-2H3. The summed E-state index contributed by atoms with van der Waals surface area (Å²) in [5, 5.41) is 0. The van der Waals surface area contributed by atoms with Crippen LogP contribution in [0.25, 0.3) is 11.5 Å². The summed E-state index contributed by atoms with van der Waals surface area (Å²) >= 11 is 1.60. The molecule has 0 fully saturated rings. The van der Waals surface area contributed by atoms with Crippen molar-refractivity contribution in [1.82, 2.24) is 4.98 Å². The minimum atomic E-state index is 0.291. The molecule has 5 heteroatoms. The van der Waals surface area contributed by atoms with Crippen molar-refractivity contribution in [2.24, 2.45) is 0 Å². The van der Waals surface area contributed by atoms with Gasteiger partial charge in [0, 0.05) is 17.7 Å². The Hall–Kier alpha value is -2.53. The Kier molecular flexibility index (Phi) is 7.94. The Morgan fingerprint density at radius 3 is 2.59 bits per heavy atom. The fourth-order valence-corrected chi connectivity index (χ4v) is 3.95. The van der Waals surface area contributed by atoms with E-state index in [0.717, 1.165) is 35.6 Å². The first-order valence-corrected chi connectivity index (χ1v) is 11.1. The van der Waals surface area contributed by atoms with Crippen LogP contribution in [-0.2, 0) is 17.0 Å². The van der Waals surface area contributed by atoms with Crippen molar-refractivity contribution < 1.29 is 13.9 Å². The van der Waals surface area contributed by atoms with Gasteiger partial charge in [-0.15, -0.1) is 11.8 Å². The summed E-state index contributed by atoms with van der Waals surface area (Å²) in [6, 6.07) is 18.0. The largest absolute Gasteiger partial charge is 0.494 e. The lowest BCUT2D eigenvalue weighted by molar-refractivity contribution is -0.116. The lowest BCUT2D eigenvalue weighted by atomic mass is 10.1. The summed E-state index contributed by atoms with van der Waals surface area (Å²) in [7, 11) is 0. The van der Waals surface area contributed by atoms with Crippen LogP contribution in [0.3, 0.4) is 0 Å². The summed E-state index contributed by atoms with van der Waals surface area (Å²) in [5.41, 5.74) is 3.11. The molecule has 29 heavy (non-hydrogen) atoms. The molecule has 0 bridgehead atoms. The maximum absolute atomic E-state index is 12.1. The van der Waals surface area contributed by atoms with E-state index in [0.29, 0.717) is 36.2 Å². The summed E-state index contributed by atoms with van der Waals surface area (Å²) in [6.07, 6.45) is 2.47. The van der Waals surface area contributed by atoms with Gasteiger partial charge in [-0.05, 0) is 56.5 Å². The average molecular weight is 410 g/mol. The van der Waals surface area contributed by atoms with Crippen LogP contribution in [0, 0.1) is 6.92 Å². The first-order valence-electron chi connectivity index (χ1n) is 9.98. The monoisotopic (exact) mass is 409 g/mol. The molecule has 0 saturated heterocycles. The number of ketones is 1. The minimum Gasteiger partial charge on any atom is -0.494 e. The van der Waals surface area contributed by atoms with Gasteiger partial charge in [-0.3, -0.25) is 4.79 Å². The smallest absolute Gasteiger partial charge is 0.226 e. The Labute approximate surface area is 176 Å². The van der Waals surface area contributed by atoms with Crippen LogP contribution in [0.5, 0.6) is 5.75 Å². The Bertz CT molecular complexity index is 904. The number of aryl methyl sites for hydroxylation is 2. The second-order valence-corrected chi connectivity index (χ2v) is 7.84. The number of oxazole rings is 1. The quantitative estimate of drug-likeness (QED) is 0.396. The predicted octanol–water partition coefficient (Wildman–Crippen LogP) is 5.87. The maximum Gasteiger partial charge on any atom is 0.226 e. The molecule has 1 aromatic heterocycles. The van der Waals surface area contributed by atoms with E-state index < -0.39 is 0 Å². The highest BCUT2D eigenvalue weighted by Gasteiger charge is 2.12. The van der Waals surface area contributed by atoms with Gasteiger partial charge in [0.15, 0.2) is 0 Å². The number of benzene rings is 2. The third kappa shape index (κ3) is 6.50. The van der Waals surface area contributed by atoms with E-state index in [1.165, 1.54) is 5.56 Å². The van der Waals surface area contributed by atoms with Crippen LogP contribution in [-0.4, -0.2) is 23.1 Å². The van der Waals surface area contributed by atoms with E-state index in [1.807, 2.05) is 56.3 Å². The Balaban J connectivity index is 1.44. The third-order valence-electron chi connectivity index (χ3n) is 4.57. The second kappa shape index (κ2) is 10.9. The number of carbonyl (C=O) groups is 1. The van der Waals surface area contributed by atoms with E-state index in [9.17, 15) is 4.79 Å². The zero-order valence-corrected chi connectivity index (χ0v) is 17.8. The molecule has 0 aliphatic rings. The van der Waals surface area contributed by atoms with Crippen molar-refractivity contribution in [2.45, 2.75) is 38.9 Å². The summed E-state index contributed by atoms with van der Waals surface area (Å²) in [6.45, 7) is 4.52. The molecule has 1 heterocycles. The average Bonchev–Trinajstić information content (AvgIpc) is 3.10. The molecule has 0 amide bonds. The second-order valence-electron chi connectivity index (χ2n) is 6.85. The molecule has 0 N–H and O–H groups in total. The minimum absolute atomic E-state index is 0.291. The van der Waals surface area contributed by atoms with Crippen molar-refractivity contribution in [1.29, 1.82) is 0 Å². The van der Waals surface area contributed by atoms with Gasteiger partial charge in [-0.2, -0.15) is 0 Å². The van der Waals surface area contributed by atoms with Crippen LogP contribution >= 0.6 is 11.8 Å². The zero-order valence-electron chi connectivity index (χ0n) is 17.0. The van der Waals surface area contributed by atoms with Gasteiger partial charge in [0.25, 0.3) is 0 Å². The topological polar surface area (TPSA) is 52.3 Å². The van der Waals surface area contributed by atoms with Gasteiger partial charge in [0.1, 0.15) is 17.3 Å². The maximum atomic E-state index is 12.1. The summed E-state index contributed by atoms with van der Waals surface area (Å²) in [4.78, 5) is 16.8. The number of thioether (sulfide) groups is 1. The number of nitrogens with zero attached hydrogens (tertiary/aromatic N) is 1. The highest BCUT2D eigenvalue weighted by molar-refractivity contribution is 7.99. The Morgan fingerprint density at radius 1 is 1.10 bits per heavy atom. The first kappa shape index (κ1) is 21.2. The number of carbonyl (C=O) groups excluding carboxylic acids is 1. The highest BCUT2D eigenvalue weighted by atomic mass is 32.2. The lowest BCUT2D eigenvalue weighted by Crippen LogP contribution is -2.02. The molecule has 0 radical (unpaired) electrons. The van der Waals surface area contributed by atoms with Gasteiger partial charge in [-0.1, -0.05) is 30.3 Å². The number of Topliss-reactive ketones (excluding diaryl/α,β-unsaturated/α-hetero) is 1. The molecule has 0 saturated carbocycles. The number of rotatable bonds is 11. The van der Waals surface area contributed by atoms with Crippen molar-refractivity contribution in [2.75, 3.05) is 12.4 Å². The molecular weight excluding hydrogens is 382 g/mol. The van der Waals surface area contributed by atoms with E-state index in [4.69, 9.17) is 9.15 Å². The first-order chi connectivity index (χ1) is 14.2. The van der Waals surface area contributed by atoms with Crippen molar-refractivity contribution in [3.63, 3.8) is 0 Å². The van der Waals surface area contributed by atoms with Gasteiger partial charge >= 0.3 is 0 Å². The van der Waals surface area contributed by atoms with Gasteiger partial charge in [0.2, 0.25) is 5.89 Å². The molecule has 152 valence electrons. The predicted molar refractivity (Wildman–Crippen MR) is 118 cm³/mol. The molecule has 0 aliphatic heterocycles. The molecule has 0 atom stereocenters. The SMILES string of the molecule is CCOc1ccc(-c2nc(CSCC(=O)CCCc3ccccc3)c(C)o2)cc1. The highest BCUT2D eigenvalue weighted by Crippen LogP contribution is 2.26. The van der Waals surface area contributed by atoms with E-state index in [-0.39, 0.29) is 0 Å². The molecular formula is C24H27NO3S. The summed E-state index contributed by atoms with van der Waals surface area (Å²) in [5.74, 6) is 3.73. The van der Waals surface area contributed by atoms with Crippen LogP contribution in [0.2, 0.25) is 0 Å². The molecule has 2 aromatic carbocycles. The molecule has 0 aliphatic carbocycles. The van der Waals surface area contributed by atoms with Crippen molar-refractivity contribution in [3.05, 3.63) is 71.6 Å². The number of hydrogen-bond donors (Lipinski definition) is 0. The van der Waals surface area contributed by atoms with Crippen LogP contribution in [0.4, 0.5) is 0 Å². The Morgan fingerprint density at radius 2 is 1.86 bits per heavy atom.